The van der Waals surface area contributed by atoms with Gasteiger partial charge in [-0.15, -0.1) is 0 Å². The average Bonchev–Trinajstić information content (AvgIpc) is 3.87. The highest BCUT2D eigenvalue weighted by Crippen LogP contribution is 2.51. The highest BCUT2D eigenvalue weighted by molar-refractivity contribution is 6.12. The number of hydrogen-bond acceptors (Lipinski definition) is 2. The van der Waals surface area contributed by atoms with Gasteiger partial charge >= 0.3 is 0 Å². The summed E-state index contributed by atoms with van der Waals surface area (Å²) < 4.78 is 41.7. The van der Waals surface area contributed by atoms with Crippen molar-refractivity contribution in [3.05, 3.63) is 260 Å². The van der Waals surface area contributed by atoms with Gasteiger partial charge in [-0.25, -0.2) is 0 Å². The molecule has 68 heavy (non-hydrogen) atoms. The molecule has 0 N–H and O–H groups in total. The largest absolute Gasteiger partial charge is 0.310 e. The molecule has 3 heteroatoms. The fourth-order valence-electron chi connectivity index (χ4n) is 10.8. The quantitative estimate of drug-likeness (QED) is 0.151. The molecular formula is C65H47N3. The molecule has 0 saturated heterocycles. The molecule has 0 bridgehead atoms. The minimum Gasteiger partial charge on any atom is -0.310 e. The van der Waals surface area contributed by atoms with Crippen LogP contribution in [0.3, 0.4) is 0 Å². The van der Waals surface area contributed by atoms with Gasteiger partial charge in [-0.1, -0.05) is 178 Å². The topological polar surface area (TPSA) is 11.4 Å². The van der Waals surface area contributed by atoms with Gasteiger partial charge < -0.3 is 14.4 Å². The van der Waals surface area contributed by atoms with Crippen molar-refractivity contribution >= 4 is 77.5 Å². The van der Waals surface area contributed by atoms with Crippen LogP contribution in [0.2, 0.25) is 0 Å². The lowest BCUT2D eigenvalue weighted by Crippen LogP contribution is -2.16. The molecule has 1 aliphatic carbocycles. The Balaban J connectivity index is 0.995. The van der Waals surface area contributed by atoms with Gasteiger partial charge in [-0.3, -0.25) is 0 Å². The maximum absolute atomic E-state index is 9.85. The van der Waals surface area contributed by atoms with Crippen molar-refractivity contribution in [2.24, 2.45) is 0 Å². The van der Waals surface area contributed by atoms with Crippen molar-refractivity contribution in [2.75, 3.05) is 9.80 Å². The number of nitrogens with zero attached hydrogens (tertiary/aromatic N) is 3. The van der Waals surface area contributed by atoms with E-state index >= 15 is 0 Å². The van der Waals surface area contributed by atoms with E-state index in [0.717, 1.165) is 83.2 Å². The summed E-state index contributed by atoms with van der Waals surface area (Å²) in [6.07, 6.45) is 0. The molecule has 1 aromatic heterocycles. The number of aromatic nitrogens is 1. The van der Waals surface area contributed by atoms with E-state index in [4.69, 9.17) is 0 Å². The van der Waals surface area contributed by atoms with Gasteiger partial charge in [0, 0.05) is 55.7 Å². The molecule has 0 spiro atoms. The summed E-state index contributed by atoms with van der Waals surface area (Å²) in [6.45, 7) is 4.47. The van der Waals surface area contributed by atoms with E-state index in [0.29, 0.717) is 5.56 Å². The van der Waals surface area contributed by atoms with Crippen LogP contribution in [0.15, 0.2) is 249 Å². The zero-order valence-electron chi connectivity index (χ0n) is 41.7. The Bertz CT molecular complexity index is 4110. The van der Waals surface area contributed by atoms with E-state index in [1.165, 1.54) is 16.5 Å². The van der Waals surface area contributed by atoms with Crippen molar-refractivity contribution in [1.82, 2.24) is 4.57 Å². The highest BCUT2D eigenvalue weighted by Gasteiger charge is 2.35. The van der Waals surface area contributed by atoms with Crippen molar-refractivity contribution in [2.45, 2.75) is 19.3 Å². The third-order valence-corrected chi connectivity index (χ3v) is 14.0. The number of para-hydroxylation sites is 3. The van der Waals surface area contributed by atoms with Gasteiger partial charge in [0.2, 0.25) is 0 Å². The molecule has 0 fully saturated rings. The van der Waals surface area contributed by atoms with Crippen molar-refractivity contribution < 1.29 is 5.48 Å². The second-order valence-corrected chi connectivity index (χ2v) is 18.2. The number of rotatable bonds is 8. The molecule has 11 aromatic carbocycles. The first-order chi connectivity index (χ1) is 35.2. The third kappa shape index (κ3) is 6.35. The monoisotopic (exact) mass is 873 g/mol. The van der Waals surface area contributed by atoms with Gasteiger partial charge in [0.15, 0.2) is 0 Å². The van der Waals surface area contributed by atoms with E-state index in [2.05, 4.69) is 181 Å². The van der Waals surface area contributed by atoms with Crippen molar-refractivity contribution in [3.63, 3.8) is 0 Å². The molecule has 0 aliphatic heterocycles. The van der Waals surface area contributed by atoms with Gasteiger partial charge in [0.1, 0.15) is 0 Å². The van der Waals surface area contributed by atoms with Gasteiger partial charge in [0.25, 0.3) is 0 Å². The fourth-order valence-corrected chi connectivity index (χ4v) is 10.8. The lowest BCUT2D eigenvalue weighted by Gasteiger charge is -2.28. The third-order valence-electron chi connectivity index (χ3n) is 14.0. The van der Waals surface area contributed by atoms with Crippen LogP contribution in [0.1, 0.15) is 30.5 Å². The molecule has 0 saturated carbocycles. The van der Waals surface area contributed by atoms with Crippen molar-refractivity contribution in [3.8, 4) is 27.9 Å². The Morgan fingerprint density at radius 1 is 0.368 bits per heavy atom. The summed E-state index contributed by atoms with van der Waals surface area (Å²) in [7, 11) is 0. The lowest BCUT2D eigenvalue weighted by molar-refractivity contribution is 0.660. The maximum atomic E-state index is 9.85. The summed E-state index contributed by atoms with van der Waals surface area (Å²) in [5, 5.41) is 6.30. The van der Waals surface area contributed by atoms with Crippen LogP contribution in [-0.4, -0.2) is 4.57 Å². The minimum atomic E-state index is -0.283. The molecular weight excluding hydrogens is 823 g/mol. The summed E-state index contributed by atoms with van der Waals surface area (Å²) in [4.78, 5) is 4.19. The zero-order valence-corrected chi connectivity index (χ0v) is 37.7. The fraction of sp³-hybridized carbons (Fsp3) is 0.0462. The first kappa shape index (κ1) is 35.6. The van der Waals surface area contributed by atoms with E-state index in [1.807, 2.05) is 71.6 Å². The van der Waals surface area contributed by atoms with Crippen LogP contribution in [0, 0.1) is 0 Å². The molecule has 0 atom stereocenters. The minimum absolute atomic E-state index is 0.107. The van der Waals surface area contributed by atoms with Crippen LogP contribution in [-0.2, 0) is 5.41 Å². The maximum Gasteiger partial charge on any atom is 0.0645 e. The Hall–Kier alpha value is -8.66. The SMILES string of the molecule is [2H]c1c([2H])c(N(c2ccccc2)c2ccc3c(c2)C(C)(C)c2ccccc2-3)c([2H])c([2H])c1-c1cccc2c(N(c3ccc4ccccc4c3)c3ccc4c5ccccc5n(-c5ccccc5)c4c3)cccc12. The number of hydrogen-bond donors (Lipinski definition) is 0. The van der Waals surface area contributed by atoms with Crippen LogP contribution >= 0.6 is 0 Å². The highest BCUT2D eigenvalue weighted by atomic mass is 15.2. The molecule has 1 heterocycles. The Labute approximate surface area is 402 Å². The molecule has 0 unspecified atom stereocenters. The Morgan fingerprint density at radius 2 is 0.971 bits per heavy atom. The molecule has 12 aromatic rings. The van der Waals surface area contributed by atoms with E-state index < -0.39 is 0 Å². The summed E-state index contributed by atoms with van der Waals surface area (Å²) in [6, 6.07) is 77.1. The molecule has 0 amide bonds. The smallest absolute Gasteiger partial charge is 0.0645 e. The van der Waals surface area contributed by atoms with Gasteiger partial charge in [0.05, 0.1) is 22.2 Å². The van der Waals surface area contributed by atoms with Crippen LogP contribution in [0.25, 0.3) is 71.3 Å². The second kappa shape index (κ2) is 15.8. The molecule has 13 rings (SSSR count). The first-order valence-corrected chi connectivity index (χ1v) is 23.3. The summed E-state index contributed by atoms with van der Waals surface area (Å²) in [5.74, 6) is 0. The normalized spacial score (nSPS) is 13.5. The number of benzene rings is 11. The summed E-state index contributed by atoms with van der Waals surface area (Å²) >= 11 is 0. The number of anilines is 6. The standard InChI is InChI=1S/C65H47N3/c1-65(2)60-28-13-11-23-55(60)56-39-37-51(42-61(56)65)66(47-19-5-3-6-20-47)49-34-32-45(33-35-49)53-25-15-27-57-54(53)26-16-30-62(57)67(50-36-31-44-17-9-10-18-46(44)41-50)52-38-40-59-58-24-12-14-29-63(58)68(64(59)43-52)48-21-7-4-8-22-48/h3-43H,1-2H3/i32D,33D,34D,35D. The zero-order chi connectivity index (χ0) is 48.8. The van der Waals surface area contributed by atoms with Crippen LogP contribution in [0.4, 0.5) is 34.1 Å². The number of fused-ring (bicyclic) bond motifs is 8. The molecule has 1 aliphatic rings. The molecule has 322 valence electrons. The van der Waals surface area contributed by atoms with Crippen molar-refractivity contribution in [1.29, 1.82) is 0 Å². The van der Waals surface area contributed by atoms with Crippen LogP contribution in [0.5, 0.6) is 0 Å². The second-order valence-electron chi connectivity index (χ2n) is 18.2. The first-order valence-electron chi connectivity index (χ1n) is 25.3. The predicted octanol–water partition coefficient (Wildman–Crippen LogP) is 18.0. The average molecular weight is 874 g/mol. The van der Waals surface area contributed by atoms with E-state index in [1.54, 1.807) is 0 Å². The van der Waals surface area contributed by atoms with Gasteiger partial charge in [-0.05, 0) is 134 Å². The summed E-state index contributed by atoms with van der Waals surface area (Å²) in [5.41, 5.74) is 13.2. The van der Waals surface area contributed by atoms with Crippen LogP contribution < -0.4 is 9.80 Å². The van der Waals surface area contributed by atoms with E-state index in [-0.39, 0.29) is 40.8 Å². The van der Waals surface area contributed by atoms with Gasteiger partial charge in [-0.2, -0.15) is 0 Å². The predicted molar refractivity (Wildman–Crippen MR) is 288 cm³/mol. The Morgan fingerprint density at radius 3 is 1.82 bits per heavy atom. The lowest BCUT2D eigenvalue weighted by atomic mass is 9.82. The molecule has 3 nitrogen and oxygen atoms in total. The molecule has 0 radical (unpaired) electrons. The van der Waals surface area contributed by atoms with E-state index in [9.17, 15) is 5.48 Å². The Kier molecular flexibility index (Phi) is 8.24.